The largest absolute Gasteiger partial charge is 0.495 e. The number of imide groups is 1. The average Bonchev–Trinajstić information content (AvgIpc) is 3.05. The minimum atomic E-state index is -0.612. The van der Waals surface area contributed by atoms with E-state index in [-0.39, 0.29) is 11.5 Å². The van der Waals surface area contributed by atoms with Crippen molar-refractivity contribution in [3.8, 4) is 11.5 Å². The van der Waals surface area contributed by atoms with Crippen molar-refractivity contribution in [3.05, 3.63) is 57.4 Å². The molecule has 9 nitrogen and oxygen atoms in total. The molecular weight excluding hydrogens is 516 g/mol. The van der Waals surface area contributed by atoms with Crippen molar-refractivity contribution in [2.45, 2.75) is 0 Å². The molecule has 33 heavy (non-hydrogen) atoms. The number of thioether (sulfide) groups is 1. The van der Waals surface area contributed by atoms with Gasteiger partial charge in [0, 0.05) is 10.0 Å². The molecule has 1 N–H and O–H groups in total. The van der Waals surface area contributed by atoms with Crippen LogP contribution in [0.15, 0.2) is 51.8 Å². The number of halogens is 1. The second-order valence-corrected chi connectivity index (χ2v) is 8.47. The standard InChI is InChI=1S/C22H19BrN2O7S/c1-30-17-6-4-3-5-15(17)24-19(26)11-25-21(28)18(33-22(25)29)10-13-9-14(23)7-8-16(13)32-12-20(27)31-2/h3-10H,11-12H2,1-2H3,(H,24,26)/b18-10+. The van der Waals surface area contributed by atoms with Gasteiger partial charge >= 0.3 is 5.97 Å². The van der Waals surface area contributed by atoms with Gasteiger partial charge in [0.05, 0.1) is 24.8 Å². The van der Waals surface area contributed by atoms with Gasteiger partial charge in [0.25, 0.3) is 11.1 Å². The molecule has 11 heteroatoms. The van der Waals surface area contributed by atoms with Gasteiger partial charge in [-0.3, -0.25) is 19.3 Å². The number of hydrogen-bond acceptors (Lipinski definition) is 8. The van der Waals surface area contributed by atoms with Crippen molar-refractivity contribution in [2.75, 3.05) is 32.7 Å². The lowest BCUT2D eigenvalue weighted by Crippen LogP contribution is -2.36. The lowest BCUT2D eigenvalue weighted by molar-refractivity contribution is -0.142. The molecule has 0 bridgehead atoms. The highest BCUT2D eigenvalue weighted by molar-refractivity contribution is 9.10. The highest BCUT2D eigenvalue weighted by Crippen LogP contribution is 2.35. The topological polar surface area (TPSA) is 111 Å². The molecule has 3 rings (SSSR count). The lowest BCUT2D eigenvalue weighted by Gasteiger charge is -2.14. The summed E-state index contributed by atoms with van der Waals surface area (Å²) in [5.74, 6) is -0.949. The Morgan fingerprint density at radius 1 is 1.12 bits per heavy atom. The molecule has 2 aromatic rings. The Hall–Kier alpha value is -3.31. The summed E-state index contributed by atoms with van der Waals surface area (Å²) in [5, 5.41) is 2.06. The third-order valence-corrected chi connectivity index (χ3v) is 5.79. The number of nitrogens with zero attached hydrogens (tertiary/aromatic N) is 1. The zero-order chi connectivity index (χ0) is 24.0. The Morgan fingerprint density at radius 3 is 2.61 bits per heavy atom. The molecule has 0 radical (unpaired) electrons. The van der Waals surface area contributed by atoms with Crippen LogP contribution in [0, 0.1) is 0 Å². The Bertz CT molecular complexity index is 1140. The molecular formula is C22H19BrN2O7S. The first kappa shape index (κ1) is 24.3. The first-order chi connectivity index (χ1) is 15.8. The van der Waals surface area contributed by atoms with Gasteiger partial charge in [-0.1, -0.05) is 28.1 Å². The quantitative estimate of drug-likeness (QED) is 0.403. The SMILES string of the molecule is COC(=O)COc1ccc(Br)cc1/C=C1/SC(=O)N(CC(=O)Nc2ccccc2OC)C1=O. The van der Waals surface area contributed by atoms with E-state index < -0.39 is 29.6 Å². The van der Waals surface area contributed by atoms with Crippen molar-refractivity contribution in [1.82, 2.24) is 4.90 Å². The highest BCUT2D eigenvalue weighted by Gasteiger charge is 2.36. The van der Waals surface area contributed by atoms with Gasteiger partial charge in [-0.2, -0.15) is 0 Å². The lowest BCUT2D eigenvalue weighted by atomic mass is 10.2. The molecule has 1 heterocycles. The summed E-state index contributed by atoms with van der Waals surface area (Å²) >= 11 is 4.05. The first-order valence-corrected chi connectivity index (χ1v) is 11.1. The first-order valence-electron chi connectivity index (χ1n) is 9.49. The molecule has 1 aliphatic rings. The molecule has 0 saturated carbocycles. The number of hydrogen-bond donors (Lipinski definition) is 1. The number of anilines is 1. The monoisotopic (exact) mass is 534 g/mol. The number of ether oxygens (including phenoxy) is 3. The van der Waals surface area contributed by atoms with Crippen LogP contribution in [0.2, 0.25) is 0 Å². The Kier molecular flexibility index (Phi) is 8.12. The summed E-state index contributed by atoms with van der Waals surface area (Å²) in [6.45, 7) is -0.770. The molecule has 1 saturated heterocycles. The minimum Gasteiger partial charge on any atom is -0.495 e. The number of rotatable bonds is 8. The van der Waals surface area contributed by atoms with Crippen molar-refractivity contribution in [3.63, 3.8) is 0 Å². The maximum absolute atomic E-state index is 12.8. The number of carbonyl (C=O) groups is 4. The summed E-state index contributed by atoms with van der Waals surface area (Å²) in [4.78, 5) is 50.1. The van der Waals surface area contributed by atoms with Gasteiger partial charge in [0.2, 0.25) is 5.91 Å². The average molecular weight is 535 g/mol. The molecule has 172 valence electrons. The fourth-order valence-corrected chi connectivity index (χ4v) is 4.03. The molecule has 0 unspecified atom stereocenters. The Labute approximate surface area is 202 Å². The second kappa shape index (κ2) is 11.0. The van der Waals surface area contributed by atoms with Gasteiger partial charge in [-0.25, -0.2) is 4.79 Å². The van der Waals surface area contributed by atoms with Crippen LogP contribution >= 0.6 is 27.7 Å². The maximum atomic E-state index is 12.8. The number of nitrogens with one attached hydrogen (secondary N) is 1. The van der Waals surface area contributed by atoms with Crippen molar-refractivity contribution < 1.29 is 33.4 Å². The van der Waals surface area contributed by atoms with E-state index in [1.54, 1.807) is 42.5 Å². The number of carbonyl (C=O) groups excluding carboxylic acids is 4. The fourth-order valence-electron chi connectivity index (χ4n) is 2.82. The van der Waals surface area contributed by atoms with Crippen LogP contribution in [0.1, 0.15) is 5.56 Å². The predicted octanol–water partition coefficient (Wildman–Crippen LogP) is 3.68. The summed E-state index contributed by atoms with van der Waals surface area (Å²) in [6, 6.07) is 11.8. The van der Waals surface area contributed by atoms with Crippen LogP contribution in [0.3, 0.4) is 0 Å². The van der Waals surface area contributed by atoms with Crippen LogP contribution in [0.25, 0.3) is 6.08 Å². The van der Waals surface area contributed by atoms with Gasteiger partial charge in [-0.05, 0) is 48.2 Å². The highest BCUT2D eigenvalue weighted by atomic mass is 79.9. The van der Waals surface area contributed by atoms with Crippen LogP contribution in [-0.2, 0) is 19.1 Å². The number of esters is 1. The third kappa shape index (κ3) is 6.14. The van der Waals surface area contributed by atoms with Crippen molar-refractivity contribution in [1.29, 1.82) is 0 Å². The van der Waals surface area contributed by atoms with E-state index in [0.717, 1.165) is 4.90 Å². The molecule has 0 aliphatic carbocycles. The van der Waals surface area contributed by atoms with E-state index in [1.807, 2.05) is 0 Å². The fraction of sp³-hybridized carbons (Fsp3) is 0.182. The summed E-state index contributed by atoms with van der Waals surface area (Å²) in [7, 11) is 2.71. The number of methoxy groups -OCH3 is 2. The predicted molar refractivity (Wildman–Crippen MR) is 126 cm³/mol. The Morgan fingerprint density at radius 2 is 1.88 bits per heavy atom. The van der Waals surface area contributed by atoms with Gasteiger partial charge in [0.15, 0.2) is 6.61 Å². The van der Waals surface area contributed by atoms with Crippen LogP contribution in [0.4, 0.5) is 10.5 Å². The van der Waals surface area contributed by atoms with Crippen molar-refractivity contribution >= 4 is 62.5 Å². The normalized spacial score (nSPS) is 14.4. The van der Waals surface area contributed by atoms with Gasteiger partial charge < -0.3 is 19.5 Å². The van der Waals surface area contributed by atoms with E-state index in [1.165, 1.54) is 20.3 Å². The van der Waals surface area contributed by atoms with Crippen LogP contribution in [0.5, 0.6) is 11.5 Å². The third-order valence-electron chi connectivity index (χ3n) is 4.39. The minimum absolute atomic E-state index is 0.117. The summed E-state index contributed by atoms with van der Waals surface area (Å²) < 4.78 is 15.9. The van der Waals surface area contributed by atoms with Crippen LogP contribution in [-0.4, -0.2) is 55.3 Å². The van der Waals surface area contributed by atoms with Gasteiger partial charge in [-0.15, -0.1) is 0 Å². The molecule has 0 atom stereocenters. The number of amides is 3. The van der Waals surface area contributed by atoms with E-state index in [9.17, 15) is 19.2 Å². The van der Waals surface area contributed by atoms with Crippen LogP contribution < -0.4 is 14.8 Å². The maximum Gasteiger partial charge on any atom is 0.343 e. The van der Waals surface area contributed by atoms with E-state index >= 15 is 0 Å². The molecule has 0 aromatic heterocycles. The van der Waals surface area contributed by atoms with E-state index in [2.05, 4.69) is 26.0 Å². The summed E-state index contributed by atoms with van der Waals surface area (Å²) in [5.41, 5.74) is 0.895. The smallest absolute Gasteiger partial charge is 0.343 e. The van der Waals surface area contributed by atoms with E-state index in [0.29, 0.717) is 39.0 Å². The second-order valence-electron chi connectivity index (χ2n) is 6.56. The molecule has 1 aliphatic heterocycles. The zero-order valence-electron chi connectivity index (χ0n) is 17.6. The van der Waals surface area contributed by atoms with Crippen molar-refractivity contribution in [2.24, 2.45) is 0 Å². The molecule has 2 aromatic carbocycles. The molecule has 0 spiro atoms. The number of benzene rings is 2. The Balaban J connectivity index is 1.75. The van der Waals surface area contributed by atoms with Gasteiger partial charge in [0.1, 0.15) is 18.0 Å². The van der Waals surface area contributed by atoms with E-state index in [4.69, 9.17) is 9.47 Å². The summed E-state index contributed by atoms with van der Waals surface area (Å²) in [6.07, 6.45) is 1.47. The molecule has 1 fully saturated rings. The zero-order valence-corrected chi connectivity index (χ0v) is 20.0. The number of para-hydroxylation sites is 2. The molecule has 3 amide bonds.